The van der Waals surface area contributed by atoms with Crippen molar-refractivity contribution in [2.24, 2.45) is 0 Å². The van der Waals surface area contributed by atoms with Gasteiger partial charge < -0.3 is 9.80 Å². The van der Waals surface area contributed by atoms with Crippen molar-refractivity contribution in [1.82, 2.24) is 9.80 Å². The van der Waals surface area contributed by atoms with E-state index < -0.39 is 0 Å². The average Bonchev–Trinajstić information content (AvgIpc) is 2.38. The second kappa shape index (κ2) is 6.89. The van der Waals surface area contributed by atoms with Crippen LogP contribution in [0, 0.1) is 0 Å². The summed E-state index contributed by atoms with van der Waals surface area (Å²) in [5, 5.41) is 0. The van der Waals surface area contributed by atoms with Crippen molar-refractivity contribution < 1.29 is 9.59 Å². The SMILES string of the molecule is CN(CC(=O)N(C)C)CC(=O)N(C)c1ccccc1. The average molecular weight is 263 g/mol. The van der Waals surface area contributed by atoms with Crippen molar-refractivity contribution in [3.05, 3.63) is 30.3 Å². The second-order valence-corrected chi connectivity index (χ2v) is 4.75. The molecule has 0 unspecified atom stereocenters. The molecule has 1 rings (SSSR count). The van der Waals surface area contributed by atoms with E-state index in [9.17, 15) is 9.59 Å². The van der Waals surface area contributed by atoms with E-state index in [2.05, 4.69) is 0 Å². The fraction of sp³-hybridized carbons (Fsp3) is 0.429. The number of benzene rings is 1. The highest BCUT2D eigenvalue weighted by Crippen LogP contribution is 2.11. The molecule has 104 valence electrons. The predicted octanol–water partition coefficient (Wildman–Crippen LogP) is 0.669. The standard InChI is InChI=1S/C14H21N3O2/c1-15(2)13(18)10-16(3)11-14(19)17(4)12-8-6-5-7-9-12/h5-9H,10-11H2,1-4H3. The molecular weight excluding hydrogens is 242 g/mol. The third-order valence-corrected chi connectivity index (χ3v) is 2.83. The Morgan fingerprint density at radius 3 is 1.95 bits per heavy atom. The van der Waals surface area contributed by atoms with Crippen LogP contribution in [0.3, 0.4) is 0 Å². The quantitative estimate of drug-likeness (QED) is 0.784. The predicted molar refractivity (Wildman–Crippen MR) is 76.0 cm³/mol. The molecule has 1 aromatic rings. The largest absolute Gasteiger partial charge is 0.348 e. The molecule has 5 nitrogen and oxygen atoms in total. The molecule has 0 N–H and O–H groups in total. The van der Waals surface area contributed by atoms with Crippen LogP contribution in [0.15, 0.2) is 30.3 Å². The van der Waals surface area contributed by atoms with Gasteiger partial charge in [-0.05, 0) is 19.2 Å². The van der Waals surface area contributed by atoms with Gasteiger partial charge >= 0.3 is 0 Å². The summed E-state index contributed by atoms with van der Waals surface area (Å²) in [4.78, 5) is 28.4. The van der Waals surface area contributed by atoms with E-state index in [1.54, 1.807) is 38.0 Å². The number of rotatable bonds is 5. The van der Waals surface area contributed by atoms with Crippen molar-refractivity contribution in [2.75, 3.05) is 46.2 Å². The molecule has 0 atom stereocenters. The molecule has 0 aromatic heterocycles. The maximum atomic E-state index is 12.1. The van der Waals surface area contributed by atoms with Gasteiger partial charge in [-0.3, -0.25) is 14.5 Å². The molecule has 0 radical (unpaired) electrons. The molecule has 0 saturated carbocycles. The van der Waals surface area contributed by atoms with Crippen LogP contribution >= 0.6 is 0 Å². The number of para-hydroxylation sites is 1. The lowest BCUT2D eigenvalue weighted by Gasteiger charge is -2.22. The normalized spacial score (nSPS) is 10.4. The van der Waals surface area contributed by atoms with Gasteiger partial charge in [0.05, 0.1) is 13.1 Å². The molecule has 0 aliphatic rings. The summed E-state index contributed by atoms with van der Waals surface area (Å²) in [7, 11) is 6.90. The van der Waals surface area contributed by atoms with Gasteiger partial charge in [0, 0.05) is 26.8 Å². The number of amides is 2. The van der Waals surface area contributed by atoms with Crippen LogP contribution < -0.4 is 4.90 Å². The summed E-state index contributed by atoms with van der Waals surface area (Å²) in [5.74, 6) is -0.0575. The number of nitrogens with zero attached hydrogens (tertiary/aromatic N) is 3. The number of hydrogen-bond acceptors (Lipinski definition) is 3. The fourth-order valence-corrected chi connectivity index (χ4v) is 1.56. The van der Waals surface area contributed by atoms with E-state index in [4.69, 9.17) is 0 Å². The van der Waals surface area contributed by atoms with Crippen LogP contribution in [0.1, 0.15) is 0 Å². The first kappa shape index (κ1) is 15.2. The maximum Gasteiger partial charge on any atom is 0.240 e. The monoisotopic (exact) mass is 263 g/mol. The van der Waals surface area contributed by atoms with Gasteiger partial charge in [-0.2, -0.15) is 0 Å². The lowest BCUT2D eigenvalue weighted by Crippen LogP contribution is -2.41. The smallest absolute Gasteiger partial charge is 0.240 e. The number of carbonyl (C=O) groups excluding carboxylic acids is 2. The Kier molecular flexibility index (Phi) is 5.51. The zero-order valence-corrected chi connectivity index (χ0v) is 12.0. The first-order chi connectivity index (χ1) is 8.91. The molecule has 0 heterocycles. The second-order valence-electron chi connectivity index (χ2n) is 4.75. The molecule has 19 heavy (non-hydrogen) atoms. The van der Waals surface area contributed by atoms with Gasteiger partial charge in [0.25, 0.3) is 0 Å². The van der Waals surface area contributed by atoms with Crippen LogP contribution in [0.25, 0.3) is 0 Å². The third-order valence-electron chi connectivity index (χ3n) is 2.83. The highest BCUT2D eigenvalue weighted by molar-refractivity contribution is 5.94. The summed E-state index contributed by atoms with van der Waals surface area (Å²) in [6.45, 7) is 0.451. The first-order valence-corrected chi connectivity index (χ1v) is 6.12. The molecule has 0 bridgehead atoms. The molecular formula is C14H21N3O2. The Bertz CT molecular complexity index is 432. The highest BCUT2D eigenvalue weighted by Gasteiger charge is 2.15. The third kappa shape index (κ3) is 4.71. The van der Waals surface area contributed by atoms with Gasteiger partial charge in [-0.1, -0.05) is 18.2 Å². The van der Waals surface area contributed by atoms with E-state index in [1.165, 1.54) is 4.90 Å². The van der Waals surface area contributed by atoms with E-state index in [1.807, 2.05) is 30.3 Å². The Hall–Kier alpha value is -1.88. The molecule has 0 fully saturated rings. The van der Waals surface area contributed by atoms with Gasteiger partial charge in [0.1, 0.15) is 0 Å². The topological polar surface area (TPSA) is 43.9 Å². The molecule has 0 spiro atoms. The van der Waals surface area contributed by atoms with Crippen molar-refractivity contribution in [3.63, 3.8) is 0 Å². The van der Waals surface area contributed by atoms with E-state index >= 15 is 0 Å². The minimum absolute atomic E-state index is 0.0161. The zero-order chi connectivity index (χ0) is 14.4. The number of carbonyl (C=O) groups is 2. The van der Waals surface area contributed by atoms with Crippen molar-refractivity contribution >= 4 is 17.5 Å². The summed E-state index contributed by atoms with van der Waals surface area (Å²) < 4.78 is 0. The molecule has 0 aliphatic carbocycles. The Balaban J connectivity index is 2.53. The first-order valence-electron chi connectivity index (χ1n) is 6.12. The summed E-state index contributed by atoms with van der Waals surface area (Å²) in [5.41, 5.74) is 0.847. The zero-order valence-electron chi connectivity index (χ0n) is 12.0. The fourth-order valence-electron chi connectivity index (χ4n) is 1.56. The summed E-state index contributed by atoms with van der Waals surface area (Å²) in [6.07, 6.45) is 0. The van der Waals surface area contributed by atoms with Crippen molar-refractivity contribution in [1.29, 1.82) is 0 Å². The van der Waals surface area contributed by atoms with E-state index in [0.717, 1.165) is 5.69 Å². The van der Waals surface area contributed by atoms with Crippen LogP contribution in [-0.4, -0.2) is 62.9 Å². The van der Waals surface area contributed by atoms with Gasteiger partial charge in [-0.25, -0.2) is 0 Å². The van der Waals surface area contributed by atoms with Gasteiger partial charge in [0.15, 0.2) is 0 Å². The van der Waals surface area contributed by atoms with Crippen molar-refractivity contribution in [2.45, 2.75) is 0 Å². The number of anilines is 1. The van der Waals surface area contributed by atoms with Gasteiger partial charge in [-0.15, -0.1) is 0 Å². The van der Waals surface area contributed by atoms with Crippen LogP contribution in [0.2, 0.25) is 0 Å². The van der Waals surface area contributed by atoms with E-state index in [0.29, 0.717) is 0 Å². The minimum Gasteiger partial charge on any atom is -0.348 e. The molecule has 2 amide bonds. The molecule has 1 aromatic carbocycles. The number of likely N-dealkylation sites (N-methyl/N-ethyl adjacent to an activating group) is 3. The summed E-state index contributed by atoms with van der Waals surface area (Å²) in [6, 6.07) is 9.44. The Morgan fingerprint density at radius 2 is 1.42 bits per heavy atom. The lowest BCUT2D eigenvalue weighted by molar-refractivity contribution is -0.130. The molecule has 0 aliphatic heterocycles. The Morgan fingerprint density at radius 1 is 0.895 bits per heavy atom. The molecule has 5 heteroatoms. The van der Waals surface area contributed by atoms with Crippen molar-refractivity contribution in [3.8, 4) is 0 Å². The minimum atomic E-state index is -0.0414. The van der Waals surface area contributed by atoms with Crippen LogP contribution in [0.4, 0.5) is 5.69 Å². The van der Waals surface area contributed by atoms with E-state index in [-0.39, 0.29) is 24.9 Å². The maximum absolute atomic E-state index is 12.1. The van der Waals surface area contributed by atoms with Crippen LogP contribution in [0.5, 0.6) is 0 Å². The number of hydrogen-bond donors (Lipinski definition) is 0. The lowest BCUT2D eigenvalue weighted by atomic mass is 10.3. The molecule has 0 saturated heterocycles. The highest BCUT2D eigenvalue weighted by atomic mass is 16.2. The Labute approximate surface area is 114 Å². The van der Waals surface area contributed by atoms with Gasteiger partial charge in [0.2, 0.25) is 11.8 Å². The van der Waals surface area contributed by atoms with Crippen LogP contribution in [-0.2, 0) is 9.59 Å². The summed E-state index contributed by atoms with van der Waals surface area (Å²) >= 11 is 0.